The largest absolute Gasteiger partial charge is 0.494 e. The van der Waals surface area contributed by atoms with E-state index in [4.69, 9.17) is 4.74 Å². The standard InChI is InChI=1S/C31H34N2O4/c34-29(20-22-5-3-6-25(19-22)28-7-1-2-16-32-28)33-17-4-18-37-26-9-8-23-10-13-31(27(23)21-26)14-11-24(12-15-31)30(35)36/h1-3,5-9,16,19,21,24H,4,10-15,17-18,20H2,(H,33,34)(H,35,36). The summed E-state index contributed by atoms with van der Waals surface area (Å²) >= 11 is 0. The molecule has 1 aromatic heterocycles. The van der Waals surface area contributed by atoms with Crippen LogP contribution in [0.3, 0.4) is 0 Å². The van der Waals surface area contributed by atoms with E-state index in [2.05, 4.69) is 22.4 Å². The number of carbonyl (C=O) groups excluding carboxylic acids is 1. The number of fused-ring (bicyclic) bond motifs is 2. The van der Waals surface area contributed by atoms with Gasteiger partial charge in [-0.1, -0.05) is 30.3 Å². The van der Waals surface area contributed by atoms with Gasteiger partial charge in [-0.15, -0.1) is 0 Å². The molecule has 2 N–H and O–H groups in total. The molecule has 1 saturated carbocycles. The highest BCUT2D eigenvalue weighted by molar-refractivity contribution is 5.79. The molecule has 1 amide bonds. The fourth-order valence-electron chi connectivity index (χ4n) is 5.91. The topological polar surface area (TPSA) is 88.5 Å². The van der Waals surface area contributed by atoms with Crippen molar-refractivity contribution in [3.05, 3.63) is 83.6 Å². The van der Waals surface area contributed by atoms with Crippen LogP contribution < -0.4 is 10.1 Å². The number of hydrogen-bond acceptors (Lipinski definition) is 4. The molecule has 1 fully saturated rings. The van der Waals surface area contributed by atoms with Gasteiger partial charge in [0.25, 0.3) is 0 Å². The normalized spacial score (nSPS) is 20.4. The molecule has 2 aliphatic carbocycles. The monoisotopic (exact) mass is 498 g/mol. The minimum absolute atomic E-state index is 0.00499. The summed E-state index contributed by atoms with van der Waals surface area (Å²) < 4.78 is 6.04. The molecule has 192 valence electrons. The van der Waals surface area contributed by atoms with Gasteiger partial charge >= 0.3 is 5.97 Å². The zero-order valence-corrected chi connectivity index (χ0v) is 21.1. The van der Waals surface area contributed by atoms with Gasteiger partial charge in [0, 0.05) is 18.3 Å². The lowest BCUT2D eigenvalue weighted by Gasteiger charge is -2.37. The summed E-state index contributed by atoms with van der Waals surface area (Å²) in [5, 5.41) is 12.4. The number of carboxylic acid groups (broad SMARTS) is 1. The second-order valence-electron chi connectivity index (χ2n) is 10.4. The molecular formula is C31H34N2O4. The van der Waals surface area contributed by atoms with Crippen LogP contribution in [0.1, 0.15) is 55.2 Å². The average Bonchev–Trinajstić information content (AvgIpc) is 3.26. The van der Waals surface area contributed by atoms with E-state index in [9.17, 15) is 14.7 Å². The number of hydrogen-bond donors (Lipinski definition) is 2. The Kier molecular flexibility index (Phi) is 7.54. The Morgan fingerprint density at radius 3 is 2.68 bits per heavy atom. The van der Waals surface area contributed by atoms with Crippen molar-refractivity contribution in [2.75, 3.05) is 13.2 Å². The molecule has 6 nitrogen and oxygen atoms in total. The molecule has 3 aromatic rings. The van der Waals surface area contributed by atoms with Crippen molar-refractivity contribution in [3.63, 3.8) is 0 Å². The smallest absolute Gasteiger partial charge is 0.306 e. The number of ether oxygens (including phenoxy) is 1. The van der Waals surface area contributed by atoms with Crippen LogP contribution >= 0.6 is 0 Å². The van der Waals surface area contributed by atoms with E-state index >= 15 is 0 Å². The highest BCUT2D eigenvalue weighted by atomic mass is 16.5. The van der Waals surface area contributed by atoms with E-state index in [1.807, 2.05) is 48.5 Å². The first-order chi connectivity index (χ1) is 18.0. The van der Waals surface area contributed by atoms with E-state index in [0.29, 0.717) is 19.6 Å². The lowest BCUT2D eigenvalue weighted by atomic mass is 9.67. The highest BCUT2D eigenvalue weighted by Gasteiger charge is 2.43. The van der Waals surface area contributed by atoms with Gasteiger partial charge < -0.3 is 15.2 Å². The summed E-state index contributed by atoms with van der Waals surface area (Å²) in [6.45, 7) is 1.09. The fourth-order valence-corrected chi connectivity index (χ4v) is 5.91. The van der Waals surface area contributed by atoms with Crippen molar-refractivity contribution >= 4 is 11.9 Å². The lowest BCUT2D eigenvalue weighted by Crippen LogP contribution is -2.32. The van der Waals surface area contributed by atoms with Crippen LogP contribution in [-0.4, -0.2) is 35.1 Å². The van der Waals surface area contributed by atoms with Gasteiger partial charge in [0.2, 0.25) is 5.91 Å². The van der Waals surface area contributed by atoms with E-state index < -0.39 is 5.97 Å². The molecule has 6 heteroatoms. The van der Waals surface area contributed by atoms with Gasteiger partial charge in [0.1, 0.15) is 5.75 Å². The number of aliphatic carboxylic acids is 1. The van der Waals surface area contributed by atoms with E-state index in [1.54, 1.807) is 6.20 Å². The molecular weight excluding hydrogens is 464 g/mol. The third-order valence-electron chi connectivity index (χ3n) is 7.98. The lowest BCUT2D eigenvalue weighted by molar-refractivity contribution is -0.143. The Labute approximate surface area is 218 Å². The molecule has 0 aliphatic heterocycles. The molecule has 2 aromatic carbocycles. The van der Waals surface area contributed by atoms with Crippen molar-refractivity contribution in [1.29, 1.82) is 0 Å². The number of amides is 1. The average molecular weight is 499 g/mol. The molecule has 0 unspecified atom stereocenters. The van der Waals surface area contributed by atoms with Crippen molar-refractivity contribution in [3.8, 4) is 17.0 Å². The van der Waals surface area contributed by atoms with Crippen molar-refractivity contribution in [2.45, 2.75) is 56.8 Å². The summed E-state index contributed by atoms with van der Waals surface area (Å²) in [4.78, 5) is 28.2. The molecule has 5 rings (SSSR count). The van der Waals surface area contributed by atoms with Crippen LogP contribution in [0.5, 0.6) is 5.75 Å². The van der Waals surface area contributed by atoms with Crippen LogP contribution in [-0.2, 0) is 27.8 Å². The molecule has 0 atom stereocenters. The quantitative estimate of drug-likeness (QED) is 0.389. The zero-order valence-electron chi connectivity index (χ0n) is 21.1. The first-order valence-electron chi connectivity index (χ1n) is 13.3. The summed E-state index contributed by atoms with van der Waals surface area (Å²) in [5.41, 5.74) is 5.71. The Morgan fingerprint density at radius 1 is 1.03 bits per heavy atom. The molecule has 37 heavy (non-hydrogen) atoms. The van der Waals surface area contributed by atoms with Gasteiger partial charge in [-0.25, -0.2) is 0 Å². The Morgan fingerprint density at radius 2 is 1.89 bits per heavy atom. The SMILES string of the molecule is O=C(Cc1cccc(-c2ccccn2)c1)NCCCOc1ccc2c(c1)C1(CC2)CCC(C(=O)O)CC1. The second-order valence-corrected chi connectivity index (χ2v) is 10.4. The number of pyridine rings is 1. The number of carboxylic acids is 1. The molecule has 2 aliphatic rings. The Hall–Kier alpha value is -3.67. The van der Waals surface area contributed by atoms with Crippen molar-refractivity contribution in [1.82, 2.24) is 10.3 Å². The Bertz CT molecular complexity index is 1250. The minimum Gasteiger partial charge on any atom is -0.494 e. The predicted octanol–water partition coefficient (Wildman–Crippen LogP) is 5.34. The number of nitrogens with one attached hydrogen (secondary N) is 1. The molecule has 1 spiro atoms. The number of benzene rings is 2. The predicted molar refractivity (Wildman–Crippen MR) is 143 cm³/mol. The molecule has 0 bridgehead atoms. The van der Waals surface area contributed by atoms with Gasteiger partial charge in [-0.05, 0) is 97.4 Å². The van der Waals surface area contributed by atoms with Gasteiger partial charge in [-0.3, -0.25) is 14.6 Å². The third kappa shape index (κ3) is 5.85. The van der Waals surface area contributed by atoms with Gasteiger partial charge in [0.05, 0.1) is 24.6 Å². The number of carbonyl (C=O) groups is 2. The number of nitrogens with zero attached hydrogens (tertiary/aromatic N) is 1. The summed E-state index contributed by atoms with van der Waals surface area (Å²) in [7, 11) is 0. The van der Waals surface area contributed by atoms with Crippen molar-refractivity contribution in [2.24, 2.45) is 5.92 Å². The number of aryl methyl sites for hydroxylation is 1. The third-order valence-corrected chi connectivity index (χ3v) is 7.98. The van der Waals surface area contributed by atoms with E-state index in [1.165, 1.54) is 11.1 Å². The van der Waals surface area contributed by atoms with E-state index in [-0.39, 0.29) is 17.2 Å². The van der Waals surface area contributed by atoms with Crippen LogP contribution in [0.2, 0.25) is 0 Å². The number of rotatable bonds is 9. The first kappa shape index (κ1) is 25.0. The summed E-state index contributed by atoms with van der Waals surface area (Å²) in [5.74, 6) is -0.00275. The van der Waals surface area contributed by atoms with Crippen LogP contribution in [0.15, 0.2) is 66.9 Å². The van der Waals surface area contributed by atoms with Gasteiger partial charge in [0.15, 0.2) is 0 Å². The summed E-state index contributed by atoms with van der Waals surface area (Å²) in [6.07, 6.45) is 8.39. The first-order valence-corrected chi connectivity index (χ1v) is 13.3. The highest BCUT2D eigenvalue weighted by Crippen LogP contribution is 2.50. The maximum atomic E-state index is 12.5. The van der Waals surface area contributed by atoms with Crippen LogP contribution in [0.25, 0.3) is 11.3 Å². The molecule has 0 saturated heterocycles. The second kappa shape index (κ2) is 11.2. The molecule has 1 heterocycles. The maximum Gasteiger partial charge on any atom is 0.306 e. The fraction of sp³-hybridized carbons (Fsp3) is 0.387. The Balaban J connectivity index is 1.08. The van der Waals surface area contributed by atoms with Gasteiger partial charge in [-0.2, -0.15) is 0 Å². The van der Waals surface area contributed by atoms with E-state index in [0.717, 1.165) is 67.5 Å². The molecule has 0 radical (unpaired) electrons. The zero-order chi connectivity index (χ0) is 25.7. The maximum absolute atomic E-state index is 12.5. The van der Waals surface area contributed by atoms with Crippen LogP contribution in [0, 0.1) is 5.92 Å². The summed E-state index contributed by atoms with van der Waals surface area (Å²) in [6, 6.07) is 20.1. The van der Waals surface area contributed by atoms with Crippen LogP contribution in [0.4, 0.5) is 0 Å². The minimum atomic E-state index is -0.657. The number of aromatic nitrogens is 1. The van der Waals surface area contributed by atoms with Crippen molar-refractivity contribution < 1.29 is 19.4 Å².